The maximum atomic E-state index is 12.9. The molecule has 0 aliphatic rings. The number of carbonyl (C=O) groups is 1. The molecule has 16 heavy (non-hydrogen) atoms. The van der Waals surface area contributed by atoms with Crippen LogP contribution < -0.4 is 0 Å². The molecule has 0 spiro atoms. The second kappa shape index (κ2) is 5.86. The summed E-state index contributed by atoms with van der Waals surface area (Å²) in [4.78, 5) is 11.3. The number of hydrogen-bond donors (Lipinski definition) is 0. The number of carbonyl (C=O) groups excluding carboxylic acids is 1. The Morgan fingerprint density at radius 2 is 2.38 bits per heavy atom. The molecule has 0 aliphatic heterocycles. The predicted octanol–water partition coefficient (Wildman–Crippen LogP) is 2.07. The van der Waals surface area contributed by atoms with Crippen molar-refractivity contribution in [1.82, 2.24) is 0 Å². The van der Waals surface area contributed by atoms with Gasteiger partial charge in [0.25, 0.3) is 0 Å². The third kappa shape index (κ3) is 3.35. The van der Waals surface area contributed by atoms with Gasteiger partial charge in [0.1, 0.15) is 11.7 Å². The van der Waals surface area contributed by atoms with E-state index in [9.17, 15) is 9.18 Å². The number of hydrogen-bond acceptors (Lipinski definition) is 3. The highest BCUT2D eigenvalue weighted by molar-refractivity contribution is 5.75. The Morgan fingerprint density at radius 1 is 1.62 bits per heavy atom. The normalized spacial score (nSPS) is 11.6. The summed E-state index contributed by atoms with van der Waals surface area (Å²) in [6.45, 7) is 1.91. The zero-order valence-corrected chi connectivity index (χ0v) is 8.94. The van der Waals surface area contributed by atoms with Gasteiger partial charge < -0.3 is 4.74 Å². The lowest BCUT2D eigenvalue weighted by atomic mass is 10.0. The van der Waals surface area contributed by atoms with Crippen molar-refractivity contribution in [3.8, 4) is 6.07 Å². The van der Waals surface area contributed by atoms with Crippen molar-refractivity contribution in [2.45, 2.75) is 13.3 Å². The van der Waals surface area contributed by atoms with Crippen molar-refractivity contribution < 1.29 is 13.9 Å². The smallest absolute Gasteiger partial charge is 0.323 e. The topological polar surface area (TPSA) is 50.1 Å². The first-order valence-electron chi connectivity index (χ1n) is 4.98. The number of ether oxygens (including phenoxy) is 1. The minimum Gasteiger partial charge on any atom is -0.465 e. The Bertz CT molecular complexity index is 412. The molecule has 0 heterocycles. The highest BCUT2D eigenvalue weighted by atomic mass is 19.1. The molecule has 0 unspecified atom stereocenters. The van der Waals surface area contributed by atoms with E-state index < -0.39 is 11.9 Å². The van der Waals surface area contributed by atoms with E-state index in [0.717, 1.165) is 0 Å². The largest absolute Gasteiger partial charge is 0.465 e. The maximum absolute atomic E-state index is 12.9. The highest BCUT2D eigenvalue weighted by Gasteiger charge is 2.19. The first-order valence-corrected chi connectivity index (χ1v) is 4.98. The summed E-state index contributed by atoms with van der Waals surface area (Å²) >= 11 is 0. The number of nitriles is 1. The third-order valence-corrected chi connectivity index (χ3v) is 2.06. The summed E-state index contributed by atoms with van der Waals surface area (Å²) in [6.07, 6.45) is 0.174. The number of nitrogens with zero attached hydrogens (tertiary/aromatic N) is 1. The van der Waals surface area contributed by atoms with Gasteiger partial charge in [0.15, 0.2) is 0 Å². The second-order valence-electron chi connectivity index (χ2n) is 3.27. The molecule has 1 aromatic carbocycles. The molecule has 0 fully saturated rings. The fourth-order valence-electron chi connectivity index (χ4n) is 1.32. The van der Waals surface area contributed by atoms with E-state index in [-0.39, 0.29) is 18.8 Å². The van der Waals surface area contributed by atoms with Gasteiger partial charge in [-0.1, -0.05) is 12.1 Å². The lowest BCUT2D eigenvalue weighted by Gasteiger charge is -2.08. The first kappa shape index (κ1) is 12.2. The van der Waals surface area contributed by atoms with Crippen molar-refractivity contribution in [2.24, 2.45) is 5.92 Å². The molecule has 0 radical (unpaired) electrons. The van der Waals surface area contributed by atoms with E-state index in [4.69, 9.17) is 10.00 Å². The Labute approximate surface area is 93.5 Å². The first-order chi connectivity index (χ1) is 7.67. The highest BCUT2D eigenvalue weighted by Crippen LogP contribution is 2.11. The summed E-state index contributed by atoms with van der Waals surface area (Å²) in [5, 5.41) is 8.81. The monoisotopic (exact) mass is 221 g/mol. The SMILES string of the molecule is CCOC(=O)[C@@H](C#N)Cc1cccc(F)c1. The van der Waals surface area contributed by atoms with E-state index in [1.807, 2.05) is 6.07 Å². The van der Waals surface area contributed by atoms with Crippen LogP contribution in [0.1, 0.15) is 12.5 Å². The second-order valence-corrected chi connectivity index (χ2v) is 3.27. The number of halogens is 1. The average Bonchev–Trinajstić information content (AvgIpc) is 2.26. The van der Waals surface area contributed by atoms with E-state index >= 15 is 0 Å². The lowest BCUT2D eigenvalue weighted by molar-refractivity contribution is -0.145. The van der Waals surface area contributed by atoms with Crippen LogP contribution in [0.2, 0.25) is 0 Å². The van der Waals surface area contributed by atoms with Crippen LogP contribution in [-0.2, 0) is 16.0 Å². The van der Waals surface area contributed by atoms with Gasteiger partial charge in [-0.15, -0.1) is 0 Å². The molecule has 84 valence electrons. The van der Waals surface area contributed by atoms with E-state index in [2.05, 4.69) is 0 Å². The molecule has 3 nitrogen and oxygen atoms in total. The molecule has 0 saturated carbocycles. The minimum absolute atomic E-state index is 0.174. The molecule has 0 aromatic heterocycles. The zero-order valence-electron chi connectivity index (χ0n) is 8.94. The maximum Gasteiger partial charge on any atom is 0.323 e. The van der Waals surface area contributed by atoms with Crippen molar-refractivity contribution in [1.29, 1.82) is 5.26 Å². The van der Waals surface area contributed by atoms with Crippen LogP contribution in [0.3, 0.4) is 0 Å². The van der Waals surface area contributed by atoms with Crippen molar-refractivity contribution in [3.63, 3.8) is 0 Å². The summed E-state index contributed by atoms with van der Waals surface area (Å²) in [5.41, 5.74) is 0.611. The van der Waals surface area contributed by atoms with Gasteiger partial charge >= 0.3 is 5.97 Å². The van der Waals surface area contributed by atoms with Crippen LogP contribution >= 0.6 is 0 Å². The van der Waals surface area contributed by atoms with Gasteiger partial charge in [-0.3, -0.25) is 4.79 Å². The molecule has 1 atom stereocenters. The Balaban J connectivity index is 2.71. The van der Waals surface area contributed by atoms with Gasteiger partial charge in [0.2, 0.25) is 0 Å². The van der Waals surface area contributed by atoms with Crippen molar-refractivity contribution in [3.05, 3.63) is 35.6 Å². The molecule has 1 aromatic rings. The van der Waals surface area contributed by atoms with Gasteiger partial charge in [-0.2, -0.15) is 5.26 Å². The fraction of sp³-hybridized carbons (Fsp3) is 0.333. The van der Waals surface area contributed by atoms with Crippen LogP contribution in [0.4, 0.5) is 4.39 Å². The molecule has 0 saturated heterocycles. The summed E-state index contributed by atoms with van der Waals surface area (Å²) < 4.78 is 17.6. The molecule has 0 bridgehead atoms. The van der Waals surface area contributed by atoms with Crippen LogP contribution in [0.15, 0.2) is 24.3 Å². The lowest BCUT2D eigenvalue weighted by Crippen LogP contribution is -2.18. The van der Waals surface area contributed by atoms with Crippen molar-refractivity contribution in [2.75, 3.05) is 6.61 Å². The number of esters is 1. The quantitative estimate of drug-likeness (QED) is 0.731. The van der Waals surface area contributed by atoms with Crippen molar-refractivity contribution >= 4 is 5.97 Å². The van der Waals surface area contributed by atoms with Crippen LogP contribution in [0.5, 0.6) is 0 Å². The molecule has 4 heteroatoms. The Hall–Kier alpha value is -1.89. The van der Waals surface area contributed by atoms with Gasteiger partial charge in [0.05, 0.1) is 12.7 Å². The van der Waals surface area contributed by atoms with Gasteiger partial charge in [0, 0.05) is 0 Å². The summed E-state index contributed by atoms with van der Waals surface area (Å²) in [7, 11) is 0. The molecular weight excluding hydrogens is 209 g/mol. The zero-order chi connectivity index (χ0) is 12.0. The van der Waals surface area contributed by atoms with Crippen LogP contribution in [0.25, 0.3) is 0 Å². The van der Waals surface area contributed by atoms with Crippen LogP contribution in [0, 0.1) is 23.1 Å². The number of rotatable bonds is 4. The average molecular weight is 221 g/mol. The van der Waals surface area contributed by atoms with E-state index in [0.29, 0.717) is 5.56 Å². The predicted molar refractivity (Wildman–Crippen MR) is 55.8 cm³/mol. The van der Waals surface area contributed by atoms with Crippen LogP contribution in [-0.4, -0.2) is 12.6 Å². The molecule has 1 rings (SSSR count). The summed E-state index contributed by atoms with van der Waals surface area (Å²) in [6, 6.07) is 7.70. The standard InChI is InChI=1S/C12H12FNO2/c1-2-16-12(15)10(8-14)6-9-4-3-5-11(13)7-9/h3-5,7,10H,2,6H2,1H3/t10-/m1/s1. The number of benzene rings is 1. The Kier molecular flexibility index (Phi) is 4.46. The minimum atomic E-state index is -0.873. The summed E-state index contributed by atoms with van der Waals surface area (Å²) in [5.74, 6) is -1.81. The molecular formula is C12H12FNO2. The third-order valence-electron chi connectivity index (χ3n) is 2.06. The molecule has 0 aliphatic carbocycles. The van der Waals surface area contributed by atoms with Gasteiger partial charge in [-0.05, 0) is 31.0 Å². The Morgan fingerprint density at radius 3 is 2.94 bits per heavy atom. The molecule has 0 amide bonds. The fourth-order valence-corrected chi connectivity index (χ4v) is 1.32. The van der Waals surface area contributed by atoms with E-state index in [1.54, 1.807) is 19.1 Å². The molecule has 0 N–H and O–H groups in total. The van der Waals surface area contributed by atoms with E-state index in [1.165, 1.54) is 12.1 Å². The van der Waals surface area contributed by atoms with Gasteiger partial charge in [-0.25, -0.2) is 4.39 Å².